The first kappa shape index (κ1) is 26.1. The van der Waals surface area contributed by atoms with Crippen LogP contribution in [0.2, 0.25) is 0 Å². The third kappa shape index (κ3) is 10.1. The number of aliphatic hydroxyl groups excluding tert-OH is 3. The number of hydrogen-bond acceptors (Lipinski definition) is 3. The van der Waals surface area contributed by atoms with Crippen molar-refractivity contribution in [3.8, 4) is 0 Å². The molecule has 4 heteroatoms. The van der Waals surface area contributed by atoms with Crippen LogP contribution in [-0.4, -0.2) is 59.3 Å². The summed E-state index contributed by atoms with van der Waals surface area (Å²) in [5, 5.41) is 29.2. The second kappa shape index (κ2) is 15.8. The standard InChI is InChI=1S/C25H46NO3/c1-23(2)13-9-6-4-3-5-7-12-16-25(24-14-10-8-11-15-24)26(17-20-27,18-21-28)19-22-29/h8,10-11,14-15,23,25,27-29H,3-7,9,12-13,16-22H2,1-2H3/q+1. The first-order chi connectivity index (χ1) is 14.1. The van der Waals surface area contributed by atoms with Crippen molar-refractivity contribution in [3.63, 3.8) is 0 Å². The average molecular weight is 409 g/mol. The Bertz CT molecular complexity index is 475. The van der Waals surface area contributed by atoms with Crippen LogP contribution in [0, 0.1) is 5.92 Å². The Kier molecular flexibility index (Phi) is 14.3. The van der Waals surface area contributed by atoms with E-state index in [0.29, 0.717) is 24.1 Å². The Morgan fingerprint density at radius 3 is 1.55 bits per heavy atom. The predicted octanol–water partition coefficient (Wildman–Crippen LogP) is 4.69. The summed E-state index contributed by atoms with van der Waals surface area (Å²) in [7, 11) is 0. The van der Waals surface area contributed by atoms with E-state index in [0.717, 1.165) is 18.8 Å². The Hall–Kier alpha value is -0.940. The zero-order valence-electron chi connectivity index (χ0n) is 18.9. The summed E-state index contributed by atoms with van der Waals surface area (Å²) in [5.74, 6) is 0.820. The van der Waals surface area contributed by atoms with E-state index in [9.17, 15) is 15.3 Å². The summed E-state index contributed by atoms with van der Waals surface area (Å²) in [6, 6.07) is 10.7. The van der Waals surface area contributed by atoms with Gasteiger partial charge in [-0.25, -0.2) is 0 Å². The smallest absolute Gasteiger partial charge is 0.115 e. The van der Waals surface area contributed by atoms with Gasteiger partial charge in [0, 0.05) is 12.0 Å². The fraction of sp³-hybridized carbons (Fsp3) is 0.760. The number of quaternary nitrogens is 1. The van der Waals surface area contributed by atoms with Gasteiger partial charge in [0.25, 0.3) is 0 Å². The first-order valence-corrected chi connectivity index (χ1v) is 11.8. The van der Waals surface area contributed by atoms with Crippen LogP contribution in [0.4, 0.5) is 0 Å². The Labute approximate surface area is 179 Å². The van der Waals surface area contributed by atoms with Crippen molar-refractivity contribution in [2.24, 2.45) is 5.92 Å². The fourth-order valence-electron chi connectivity index (χ4n) is 4.61. The van der Waals surface area contributed by atoms with E-state index in [2.05, 4.69) is 38.1 Å². The van der Waals surface area contributed by atoms with Crippen molar-refractivity contribution in [2.45, 2.75) is 77.7 Å². The van der Waals surface area contributed by atoms with E-state index in [-0.39, 0.29) is 25.9 Å². The minimum absolute atomic E-state index is 0.0692. The molecule has 0 amide bonds. The summed E-state index contributed by atoms with van der Waals surface area (Å²) < 4.78 is 0.558. The molecule has 0 aliphatic carbocycles. The topological polar surface area (TPSA) is 60.7 Å². The Morgan fingerprint density at radius 1 is 0.655 bits per heavy atom. The first-order valence-electron chi connectivity index (χ1n) is 11.8. The van der Waals surface area contributed by atoms with Crippen LogP contribution in [0.15, 0.2) is 30.3 Å². The van der Waals surface area contributed by atoms with Crippen molar-refractivity contribution in [3.05, 3.63) is 35.9 Å². The maximum absolute atomic E-state index is 9.72. The molecular formula is C25H46NO3+. The monoisotopic (exact) mass is 408 g/mol. The van der Waals surface area contributed by atoms with Crippen molar-refractivity contribution >= 4 is 0 Å². The molecule has 0 saturated heterocycles. The second-order valence-corrected chi connectivity index (χ2v) is 8.93. The fourth-order valence-corrected chi connectivity index (χ4v) is 4.61. The number of benzene rings is 1. The molecule has 0 saturated carbocycles. The highest BCUT2D eigenvalue weighted by Gasteiger charge is 2.36. The van der Waals surface area contributed by atoms with Crippen LogP contribution in [0.25, 0.3) is 0 Å². The number of hydrogen-bond donors (Lipinski definition) is 3. The van der Waals surface area contributed by atoms with E-state index in [4.69, 9.17) is 0 Å². The van der Waals surface area contributed by atoms with E-state index < -0.39 is 0 Å². The van der Waals surface area contributed by atoms with Crippen LogP contribution in [0.1, 0.15) is 83.2 Å². The van der Waals surface area contributed by atoms with Crippen LogP contribution in [0.3, 0.4) is 0 Å². The molecular weight excluding hydrogens is 362 g/mol. The van der Waals surface area contributed by atoms with Gasteiger partial charge in [0.1, 0.15) is 25.7 Å². The van der Waals surface area contributed by atoms with Gasteiger partial charge in [-0.1, -0.05) is 89.1 Å². The summed E-state index contributed by atoms with van der Waals surface area (Å²) in [6.07, 6.45) is 11.4. The van der Waals surface area contributed by atoms with E-state index in [1.165, 1.54) is 50.5 Å². The molecule has 0 spiro atoms. The molecule has 0 fully saturated rings. The third-order valence-corrected chi connectivity index (χ3v) is 6.24. The SMILES string of the molecule is CC(C)CCCCCCCCCC(c1ccccc1)[N+](CCO)(CCO)CCO. The minimum atomic E-state index is 0.0692. The van der Waals surface area contributed by atoms with Gasteiger partial charge in [0.2, 0.25) is 0 Å². The summed E-state index contributed by atoms with van der Waals surface area (Å²) in [4.78, 5) is 0. The van der Waals surface area contributed by atoms with Crippen molar-refractivity contribution in [1.82, 2.24) is 0 Å². The highest BCUT2D eigenvalue weighted by atomic mass is 16.3. The zero-order chi connectivity index (χ0) is 21.4. The number of unbranched alkanes of at least 4 members (excludes halogenated alkanes) is 6. The third-order valence-electron chi connectivity index (χ3n) is 6.24. The number of aliphatic hydroxyl groups is 3. The molecule has 4 nitrogen and oxygen atoms in total. The molecule has 3 N–H and O–H groups in total. The molecule has 0 heterocycles. The molecule has 0 aliphatic rings. The van der Waals surface area contributed by atoms with Crippen LogP contribution in [-0.2, 0) is 0 Å². The van der Waals surface area contributed by atoms with E-state index in [1.807, 2.05) is 6.07 Å². The number of rotatable bonds is 18. The molecule has 1 aromatic rings. The quantitative estimate of drug-likeness (QED) is 0.244. The molecule has 0 bridgehead atoms. The van der Waals surface area contributed by atoms with Gasteiger partial charge in [-0.15, -0.1) is 0 Å². The highest BCUT2D eigenvalue weighted by molar-refractivity contribution is 5.17. The van der Waals surface area contributed by atoms with Gasteiger partial charge < -0.3 is 19.8 Å². The Balaban J connectivity index is 2.62. The molecule has 0 aromatic heterocycles. The maximum atomic E-state index is 9.72. The van der Waals surface area contributed by atoms with Gasteiger partial charge >= 0.3 is 0 Å². The van der Waals surface area contributed by atoms with Crippen LogP contribution >= 0.6 is 0 Å². The highest BCUT2D eigenvalue weighted by Crippen LogP contribution is 2.33. The van der Waals surface area contributed by atoms with Gasteiger partial charge in [-0.3, -0.25) is 0 Å². The molecule has 0 radical (unpaired) electrons. The molecule has 1 atom stereocenters. The molecule has 1 aromatic carbocycles. The summed E-state index contributed by atoms with van der Waals surface area (Å²) in [6.45, 7) is 6.50. The van der Waals surface area contributed by atoms with E-state index in [1.54, 1.807) is 0 Å². The summed E-state index contributed by atoms with van der Waals surface area (Å²) >= 11 is 0. The van der Waals surface area contributed by atoms with Gasteiger partial charge in [-0.05, 0) is 12.3 Å². The molecule has 0 aliphatic heterocycles. The lowest BCUT2D eigenvalue weighted by Gasteiger charge is -2.44. The lowest BCUT2D eigenvalue weighted by Crippen LogP contribution is -2.55. The van der Waals surface area contributed by atoms with Crippen LogP contribution < -0.4 is 0 Å². The van der Waals surface area contributed by atoms with Crippen molar-refractivity contribution < 1.29 is 19.8 Å². The van der Waals surface area contributed by atoms with Crippen molar-refractivity contribution in [1.29, 1.82) is 0 Å². The predicted molar refractivity (Wildman–Crippen MR) is 122 cm³/mol. The second-order valence-electron chi connectivity index (χ2n) is 8.93. The normalized spacial score (nSPS) is 13.2. The average Bonchev–Trinajstić information content (AvgIpc) is 2.70. The molecule has 1 rings (SSSR count). The largest absolute Gasteiger partial charge is 0.391 e. The maximum Gasteiger partial charge on any atom is 0.115 e. The molecule has 1 unspecified atom stereocenters. The Morgan fingerprint density at radius 2 is 1.10 bits per heavy atom. The molecule has 168 valence electrons. The lowest BCUT2D eigenvalue weighted by molar-refractivity contribution is -0.958. The van der Waals surface area contributed by atoms with Gasteiger partial charge in [-0.2, -0.15) is 0 Å². The van der Waals surface area contributed by atoms with Crippen LogP contribution in [0.5, 0.6) is 0 Å². The zero-order valence-corrected chi connectivity index (χ0v) is 18.9. The minimum Gasteiger partial charge on any atom is -0.391 e. The van der Waals surface area contributed by atoms with E-state index >= 15 is 0 Å². The summed E-state index contributed by atoms with van der Waals surface area (Å²) in [5.41, 5.74) is 1.25. The van der Waals surface area contributed by atoms with Gasteiger partial charge in [0.15, 0.2) is 0 Å². The lowest BCUT2D eigenvalue weighted by atomic mass is 9.95. The number of nitrogens with zero attached hydrogens (tertiary/aromatic N) is 1. The van der Waals surface area contributed by atoms with Gasteiger partial charge in [0.05, 0.1) is 19.8 Å². The molecule has 29 heavy (non-hydrogen) atoms. The van der Waals surface area contributed by atoms with Crippen molar-refractivity contribution in [2.75, 3.05) is 39.5 Å².